The van der Waals surface area contributed by atoms with Crippen LogP contribution in [-0.2, 0) is 0 Å². The van der Waals surface area contributed by atoms with E-state index < -0.39 is 12.2 Å². The molecule has 4 heteroatoms. The summed E-state index contributed by atoms with van der Waals surface area (Å²) in [7, 11) is 0. The summed E-state index contributed by atoms with van der Waals surface area (Å²) in [6, 6.07) is 0.450. The Bertz CT molecular complexity index is 420. The van der Waals surface area contributed by atoms with E-state index in [0.717, 1.165) is 32.2 Å². The van der Waals surface area contributed by atoms with E-state index in [1.165, 1.54) is 96.3 Å². The van der Waals surface area contributed by atoms with Crippen molar-refractivity contribution in [2.24, 2.45) is 5.92 Å². The van der Waals surface area contributed by atoms with Crippen molar-refractivity contribution < 1.29 is 15.3 Å². The molecule has 1 fully saturated rings. The Morgan fingerprint density at radius 1 is 0.667 bits per heavy atom. The zero-order valence-corrected chi connectivity index (χ0v) is 22.3. The van der Waals surface area contributed by atoms with E-state index in [-0.39, 0.29) is 6.10 Å². The Morgan fingerprint density at radius 3 is 1.79 bits per heavy atom. The molecule has 198 valence electrons. The van der Waals surface area contributed by atoms with Crippen molar-refractivity contribution in [1.29, 1.82) is 0 Å². The van der Waals surface area contributed by atoms with E-state index in [4.69, 9.17) is 0 Å². The molecule has 0 amide bonds. The van der Waals surface area contributed by atoms with Crippen LogP contribution in [0.25, 0.3) is 0 Å². The topological polar surface area (TPSA) is 72.7 Å². The summed E-state index contributed by atoms with van der Waals surface area (Å²) in [6.45, 7) is 5.25. The number of aliphatic hydroxyl groups is 3. The van der Waals surface area contributed by atoms with Gasteiger partial charge in [-0.15, -0.1) is 0 Å². The largest absolute Gasteiger partial charge is 0.393 e. The van der Waals surface area contributed by atoms with Gasteiger partial charge in [0.1, 0.15) is 0 Å². The molecule has 1 saturated carbocycles. The first-order valence-corrected chi connectivity index (χ1v) is 14.9. The lowest BCUT2D eigenvalue weighted by Crippen LogP contribution is -2.43. The number of rotatable bonds is 22. The third kappa shape index (κ3) is 16.2. The third-order valence-corrected chi connectivity index (χ3v) is 7.78. The first-order chi connectivity index (χ1) is 16.1. The summed E-state index contributed by atoms with van der Waals surface area (Å²) in [5.74, 6) is 0.545. The number of aliphatic hydroxyl groups excluding tert-OH is 3. The quantitative estimate of drug-likeness (QED) is 0.130. The van der Waals surface area contributed by atoms with Gasteiger partial charge in [-0.3, -0.25) is 0 Å². The summed E-state index contributed by atoms with van der Waals surface area (Å²) in [5.41, 5.74) is 0. The Morgan fingerprint density at radius 2 is 1.18 bits per heavy atom. The molecule has 0 aromatic heterocycles. The van der Waals surface area contributed by atoms with Crippen molar-refractivity contribution in [1.82, 2.24) is 5.32 Å². The van der Waals surface area contributed by atoms with Crippen LogP contribution in [0.15, 0.2) is 0 Å². The van der Waals surface area contributed by atoms with Crippen LogP contribution in [-0.4, -0.2) is 46.2 Å². The molecule has 0 aromatic carbocycles. The number of hydrogen-bond donors (Lipinski definition) is 4. The van der Waals surface area contributed by atoms with E-state index in [1.807, 2.05) is 0 Å². The fraction of sp³-hybridized carbons (Fsp3) is 1.00. The van der Waals surface area contributed by atoms with Gasteiger partial charge in [0, 0.05) is 6.04 Å². The highest BCUT2D eigenvalue weighted by molar-refractivity contribution is 4.85. The van der Waals surface area contributed by atoms with Gasteiger partial charge in [0.05, 0.1) is 18.3 Å². The Hall–Kier alpha value is -0.160. The number of unbranched alkanes of at least 4 members (excludes halogenated alkanes) is 13. The van der Waals surface area contributed by atoms with Gasteiger partial charge >= 0.3 is 0 Å². The first-order valence-electron chi connectivity index (χ1n) is 14.9. The summed E-state index contributed by atoms with van der Waals surface area (Å²) in [5, 5.41) is 34.4. The molecule has 4 nitrogen and oxygen atoms in total. The molecule has 1 aliphatic rings. The van der Waals surface area contributed by atoms with Gasteiger partial charge in [0.25, 0.3) is 0 Å². The van der Waals surface area contributed by atoms with Gasteiger partial charge in [-0.25, -0.2) is 0 Å². The van der Waals surface area contributed by atoms with Crippen LogP contribution in [0.3, 0.4) is 0 Å². The zero-order valence-electron chi connectivity index (χ0n) is 22.3. The maximum atomic E-state index is 10.4. The first kappa shape index (κ1) is 30.9. The lowest BCUT2D eigenvalue weighted by molar-refractivity contribution is 0.00712. The second-order valence-corrected chi connectivity index (χ2v) is 10.9. The van der Waals surface area contributed by atoms with Gasteiger partial charge in [0.15, 0.2) is 0 Å². The Labute approximate surface area is 206 Å². The van der Waals surface area contributed by atoms with Gasteiger partial charge in [0.2, 0.25) is 0 Å². The van der Waals surface area contributed by atoms with Crippen LogP contribution in [0.2, 0.25) is 0 Å². The van der Waals surface area contributed by atoms with E-state index in [0.29, 0.717) is 24.8 Å². The highest BCUT2D eigenvalue weighted by Gasteiger charge is 2.29. The smallest absolute Gasteiger partial charge is 0.0811 e. The van der Waals surface area contributed by atoms with Crippen LogP contribution in [0.5, 0.6) is 0 Å². The van der Waals surface area contributed by atoms with Crippen molar-refractivity contribution >= 4 is 0 Å². The molecule has 0 spiro atoms. The van der Waals surface area contributed by atoms with Crippen molar-refractivity contribution in [3.8, 4) is 0 Å². The zero-order chi connectivity index (χ0) is 24.2. The van der Waals surface area contributed by atoms with Gasteiger partial charge in [-0.2, -0.15) is 0 Å². The van der Waals surface area contributed by atoms with Gasteiger partial charge in [-0.1, -0.05) is 110 Å². The monoisotopic (exact) mass is 469 g/mol. The van der Waals surface area contributed by atoms with Crippen molar-refractivity contribution in [3.63, 3.8) is 0 Å². The summed E-state index contributed by atoms with van der Waals surface area (Å²) in [6.07, 6.45) is 23.5. The second kappa shape index (κ2) is 21.1. The SMILES string of the molecule is CCCCCCCCCCCCCCC(O)C(O)CCNC1CCC(O)CC1CCCCC. The summed E-state index contributed by atoms with van der Waals surface area (Å²) >= 11 is 0. The van der Waals surface area contributed by atoms with Gasteiger partial charge in [-0.05, 0) is 51.0 Å². The maximum Gasteiger partial charge on any atom is 0.0811 e. The fourth-order valence-electron chi connectivity index (χ4n) is 5.48. The third-order valence-electron chi connectivity index (χ3n) is 7.78. The molecule has 5 atom stereocenters. The number of nitrogens with one attached hydrogen (secondary N) is 1. The van der Waals surface area contributed by atoms with Crippen LogP contribution < -0.4 is 5.32 Å². The predicted octanol–water partition coefficient (Wildman–Crippen LogP) is 6.89. The average molecular weight is 470 g/mol. The molecule has 5 unspecified atom stereocenters. The van der Waals surface area contributed by atoms with Crippen molar-refractivity contribution in [2.45, 2.75) is 173 Å². The van der Waals surface area contributed by atoms with E-state index >= 15 is 0 Å². The average Bonchev–Trinajstić information content (AvgIpc) is 2.81. The van der Waals surface area contributed by atoms with E-state index in [2.05, 4.69) is 19.2 Å². The summed E-state index contributed by atoms with van der Waals surface area (Å²) in [4.78, 5) is 0. The molecule has 1 rings (SSSR count). The number of hydrogen-bond acceptors (Lipinski definition) is 4. The molecular weight excluding hydrogens is 410 g/mol. The molecule has 0 heterocycles. The standard InChI is InChI=1S/C29H59NO3/c1-3-5-7-8-9-10-11-12-13-14-15-17-19-28(32)29(33)22-23-30-27-21-20-26(31)24-25(27)18-16-6-4-2/h25-33H,3-24H2,1-2H3. The molecule has 1 aliphatic carbocycles. The van der Waals surface area contributed by atoms with Crippen LogP contribution in [0.1, 0.15) is 149 Å². The molecular formula is C29H59NO3. The highest BCUT2D eigenvalue weighted by Crippen LogP contribution is 2.29. The Balaban J connectivity index is 2.02. The lowest BCUT2D eigenvalue weighted by Gasteiger charge is -2.35. The minimum Gasteiger partial charge on any atom is -0.393 e. The lowest BCUT2D eigenvalue weighted by atomic mass is 9.80. The molecule has 0 saturated heterocycles. The molecule has 0 aromatic rings. The molecule has 4 N–H and O–H groups in total. The van der Waals surface area contributed by atoms with Crippen LogP contribution in [0, 0.1) is 5.92 Å². The van der Waals surface area contributed by atoms with Crippen LogP contribution in [0.4, 0.5) is 0 Å². The van der Waals surface area contributed by atoms with Crippen molar-refractivity contribution in [3.05, 3.63) is 0 Å². The van der Waals surface area contributed by atoms with E-state index in [9.17, 15) is 15.3 Å². The normalized spacial score (nSPS) is 23.0. The van der Waals surface area contributed by atoms with Crippen LogP contribution >= 0.6 is 0 Å². The second-order valence-electron chi connectivity index (χ2n) is 10.9. The van der Waals surface area contributed by atoms with Crippen molar-refractivity contribution in [2.75, 3.05) is 6.54 Å². The fourth-order valence-corrected chi connectivity index (χ4v) is 5.48. The minimum absolute atomic E-state index is 0.141. The maximum absolute atomic E-state index is 10.4. The highest BCUT2D eigenvalue weighted by atomic mass is 16.3. The summed E-state index contributed by atoms with van der Waals surface area (Å²) < 4.78 is 0. The molecule has 0 radical (unpaired) electrons. The van der Waals surface area contributed by atoms with E-state index in [1.54, 1.807) is 0 Å². The van der Waals surface area contributed by atoms with Gasteiger partial charge < -0.3 is 20.6 Å². The molecule has 0 bridgehead atoms. The molecule has 0 aliphatic heterocycles. The minimum atomic E-state index is -0.627. The molecule has 33 heavy (non-hydrogen) atoms. The Kier molecular flexibility index (Phi) is 19.8. The predicted molar refractivity (Wildman–Crippen MR) is 142 cm³/mol.